The molecular weight excluding hydrogens is 486 g/mol. The predicted molar refractivity (Wildman–Crippen MR) is 136 cm³/mol. The van der Waals surface area contributed by atoms with Crippen molar-refractivity contribution in [3.05, 3.63) is 0 Å². The molecule has 0 aliphatic rings. The third-order valence-electron chi connectivity index (χ3n) is 4.94. The van der Waals surface area contributed by atoms with Crippen molar-refractivity contribution in [2.75, 3.05) is 0 Å². The van der Waals surface area contributed by atoms with Gasteiger partial charge in [0.15, 0.2) is 6.29 Å². The van der Waals surface area contributed by atoms with E-state index in [0.29, 0.717) is 0 Å². The molecule has 0 heterocycles. The zero-order chi connectivity index (χ0) is 29.1. The standard InChI is InChI=1S/C25H47N3O9/c1-14(2)20(23(34)35)28-22(33)17(11-13-19(31)37-25(7,8)9)27-21(32)16(26-15(3)29)10-12-18(30)36-24(4,5)6/h14,16-17,20,22-23,28,33-35H,10-13H2,1-9H3,(H,26,29)(H,27,32)/t16?,17?,20?,22-/m1/s1. The molecule has 0 aliphatic carbocycles. The molecule has 2 amide bonds. The van der Waals surface area contributed by atoms with Crippen LogP contribution in [0.1, 0.15) is 88.0 Å². The molecule has 3 unspecified atom stereocenters. The highest BCUT2D eigenvalue weighted by molar-refractivity contribution is 5.87. The quantitative estimate of drug-likeness (QED) is 0.135. The van der Waals surface area contributed by atoms with Crippen molar-refractivity contribution in [1.29, 1.82) is 0 Å². The Balaban J connectivity index is 5.64. The highest BCUT2D eigenvalue weighted by atomic mass is 16.6. The van der Waals surface area contributed by atoms with Gasteiger partial charge in [-0.15, -0.1) is 0 Å². The third-order valence-corrected chi connectivity index (χ3v) is 4.94. The number of hydrogen-bond acceptors (Lipinski definition) is 10. The molecule has 37 heavy (non-hydrogen) atoms. The van der Waals surface area contributed by atoms with Crippen LogP contribution in [-0.4, -0.2) is 80.9 Å². The number of hydrogen-bond donors (Lipinski definition) is 6. The van der Waals surface area contributed by atoms with Crippen molar-refractivity contribution in [2.45, 2.75) is 130 Å². The summed E-state index contributed by atoms with van der Waals surface area (Å²) in [5.74, 6) is -2.59. The summed E-state index contributed by atoms with van der Waals surface area (Å²) in [6.07, 6.45) is -3.70. The van der Waals surface area contributed by atoms with Crippen LogP contribution in [0.5, 0.6) is 0 Å². The smallest absolute Gasteiger partial charge is 0.306 e. The van der Waals surface area contributed by atoms with E-state index >= 15 is 0 Å². The van der Waals surface area contributed by atoms with Gasteiger partial charge in [-0.3, -0.25) is 24.5 Å². The fourth-order valence-corrected chi connectivity index (χ4v) is 3.36. The van der Waals surface area contributed by atoms with Gasteiger partial charge >= 0.3 is 11.9 Å². The van der Waals surface area contributed by atoms with Crippen LogP contribution in [0, 0.1) is 5.92 Å². The minimum Gasteiger partial charge on any atom is -0.460 e. The average Bonchev–Trinajstić information content (AvgIpc) is 2.68. The summed E-state index contributed by atoms with van der Waals surface area (Å²) in [7, 11) is 0. The molecule has 0 saturated heterocycles. The van der Waals surface area contributed by atoms with Crippen molar-refractivity contribution in [3.63, 3.8) is 0 Å². The van der Waals surface area contributed by atoms with Gasteiger partial charge in [0.05, 0.1) is 12.1 Å². The Kier molecular flexibility index (Phi) is 14.3. The van der Waals surface area contributed by atoms with E-state index in [1.807, 2.05) is 0 Å². The van der Waals surface area contributed by atoms with Gasteiger partial charge in [0.2, 0.25) is 11.8 Å². The lowest BCUT2D eigenvalue weighted by molar-refractivity contribution is -0.156. The molecule has 0 aromatic carbocycles. The first kappa shape index (κ1) is 34.7. The molecule has 216 valence electrons. The van der Waals surface area contributed by atoms with Crippen LogP contribution in [0.25, 0.3) is 0 Å². The van der Waals surface area contributed by atoms with Gasteiger partial charge in [-0.2, -0.15) is 0 Å². The maximum Gasteiger partial charge on any atom is 0.306 e. The molecule has 12 heteroatoms. The van der Waals surface area contributed by atoms with Crippen LogP contribution in [-0.2, 0) is 28.7 Å². The first-order valence-corrected chi connectivity index (χ1v) is 12.5. The zero-order valence-corrected chi connectivity index (χ0v) is 23.6. The number of esters is 2. The second kappa shape index (κ2) is 15.2. The Morgan fingerprint density at radius 2 is 1.24 bits per heavy atom. The molecule has 0 fully saturated rings. The van der Waals surface area contributed by atoms with Crippen molar-refractivity contribution in [2.24, 2.45) is 5.92 Å². The average molecular weight is 534 g/mol. The van der Waals surface area contributed by atoms with Crippen molar-refractivity contribution in [1.82, 2.24) is 16.0 Å². The maximum absolute atomic E-state index is 13.1. The highest BCUT2D eigenvalue weighted by Crippen LogP contribution is 2.14. The van der Waals surface area contributed by atoms with E-state index in [-0.39, 0.29) is 31.6 Å². The molecule has 0 radical (unpaired) electrons. The summed E-state index contributed by atoms with van der Waals surface area (Å²) >= 11 is 0. The Hall–Kier alpha value is -2.28. The Morgan fingerprint density at radius 3 is 1.62 bits per heavy atom. The molecule has 0 bridgehead atoms. The number of rotatable bonds is 14. The van der Waals surface area contributed by atoms with Gasteiger partial charge in [-0.1, -0.05) is 13.8 Å². The van der Waals surface area contributed by atoms with Gasteiger partial charge in [-0.05, 0) is 60.3 Å². The van der Waals surface area contributed by atoms with E-state index < -0.39 is 65.6 Å². The van der Waals surface area contributed by atoms with Crippen LogP contribution in [0.3, 0.4) is 0 Å². The highest BCUT2D eigenvalue weighted by Gasteiger charge is 2.32. The molecule has 0 spiro atoms. The Bertz CT molecular complexity index is 749. The minimum atomic E-state index is -1.79. The molecule has 0 aromatic rings. The largest absolute Gasteiger partial charge is 0.460 e. The van der Waals surface area contributed by atoms with Crippen molar-refractivity contribution < 1.29 is 44.0 Å². The van der Waals surface area contributed by atoms with E-state index in [1.54, 1.807) is 55.4 Å². The van der Waals surface area contributed by atoms with Gasteiger partial charge in [-0.25, -0.2) is 0 Å². The maximum atomic E-state index is 13.1. The lowest BCUT2D eigenvalue weighted by Crippen LogP contribution is -2.59. The van der Waals surface area contributed by atoms with Gasteiger partial charge < -0.3 is 35.4 Å². The summed E-state index contributed by atoms with van der Waals surface area (Å²) in [5.41, 5.74) is -1.44. The van der Waals surface area contributed by atoms with Gasteiger partial charge in [0, 0.05) is 19.8 Å². The second-order valence-corrected chi connectivity index (χ2v) is 11.4. The molecule has 6 N–H and O–H groups in total. The first-order chi connectivity index (χ1) is 16.7. The Labute approximate surface area is 219 Å². The molecule has 0 rings (SSSR count). The SMILES string of the molecule is CC(=O)NC(CCC(=O)OC(C)(C)C)C(=O)NC(CCC(=O)OC(C)(C)C)[C@@H](O)NC(C(C)C)C(O)O. The van der Waals surface area contributed by atoms with Crippen LogP contribution in [0.2, 0.25) is 0 Å². The summed E-state index contributed by atoms with van der Waals surface area (Å²) < 4.78 is 10.5. The fourth-order valence-electron chi connectivity index (χ4n) is 3.36. The van der Waals surface area contributed by atoms with Crippen LogP contribution in [0.4, 0.5) is 0 Å². The number of carbonyl (C=O) groups is 4. The summed E-state index contributed by atoms with van der Waals surface area (Å²) in [6, 6.07) is -3.13. The summed E-state index contributed by atoms with van der Waals surface area (Å²) in [6.45, 7) is 14.9. The molecular formula is C25H47N3O9. The number of nitrogens with one attached hydrogen (secondary N) is 3. The Morgan fingerprint density at radius 1 is 0.784 bits per heavy atom. The number of ether oxygens (including phenoxy) is 2. The first-order valence-electron chi connectivity index (χ1n) is 12.5. The third kappa shape index (κ3) is 16.2. The number of aliphatic hydroxyl groups is 3. The minimum absolute atomic E-state index is 0.0555. The topological polar surface area (TPSA) is 184 Å². The normalized spacial score (nSPS) is 15.5. The van der Waals surface area contributed by atoms with Gasteiger partial charge in [0.25, 0.3) is 0 Å². The molecule has 12 nitrogen and oxygen atoms in total. The molecule has 0 aliphatic heterocycles. The van der Waals surface area contributed by atoms with Crippen molar-refractivity contribution >= 4 is 23.8 Å². The van der Waals surface area contributed by atoms with Gasteiger partial charge in [0.1, 0.15) is 23.5 Å². The van der Waals surface area contributed by atoms with E-state index in [0.717, 1.165) is 0 Å². The zero-order valence-electron chi connectivity index (χ0n) is 23.6. The summed E-state index contributed by atoms with van der Waals surface area (Å²) in [4.78, 5) is 49.2. The van der Waals surface area contributed by atoms with Crippen LogP contribution >= 0.6 is 0 Å². The van der Waals surface area contributed by atoms with Crippen molar-refractivity contribution in [3.8, 4) is 0 Å². The molecule has 4 atom stereocenters. The number of amides is 2. The van der Waals surface area contributed by atoms with Crippen LogP contribution in [0.15, 0.2) is 0 Å². The molecule has 0 aromatic heterocycles. The lowest BCUT2D eigenvalue weighted by atomic mass is 10.0. The van der Waals surface area contributed by atoms with E-state index in [1.165, 1.54) is 6.92 Å². The summed E-state index contributed by atoms with van der Waals surface area (Å²) in [5, 5.41) is 37.9. The molecule has 0 saturated carbocycles. The van der Waals surface area contributed by atoms with E-state index in [4.69, 9.17) is 9.47 Å². The van der Waals surface area contributed by atoms with E-state index in [9.17, 15) is 34.5 Å². The monoisotopic (exact) mass is 533 g/mol. The number of carbonyl (C=O) groups excluding carboxylic acids is 4. The number of aliphatic hydroxyl groups excluding tert-OH is 2. The van der Waals surface area contributed by atoms with Crippen LogP contribution < -0.4 is 16.0 Å². The van der Waals surface area contributed by atoms with E-state index in [2.05, 4.69) is 16.0 Å². The fraction of sp³-hybridized carbons (Fsp3) is 0.840. The lowest BCUT2D eigenvalue weighted by Gasteiger charge is -2.32. The predicted octanol–water partition coefficient (Wildman–Crippen LogP) is 0.463. The second-order valence-electron chi connectivity index (χ2n) is 11.4.